The van der Waals surface area contributed by atoms with Crippen molar-refractivity contribution in [3.63, 3.8) is 0 Å². The lowest BCUT2D eigenvalue weighted by molar-refractivity contribution is 0.377. The molecule has 0 spiro atoms. The molecule has 6 heteroatoms. The van der Waals surface area contributed by atoms with Crippen molar-refractivity contribution < 1.29 is 8.42 Å². The summed E-state index contributed by atoms with van der Waals surface area (Å²) < 4.78 is 27.5. The molecule has 5 nitrogen and oxygen atoms in total. The van der Waals surface area contributed by atoms with Gasteiger partial charge in [-0.2, -0.15) is 12.7 Å². The van der Waals surface area contributed by atoms with E-state index in [2.05, 4.69) is 10.0 Å². The van der Waals surface area contributed by atoms with E-state index in [4.69, 9.17) is 0 Å². The highest BCUT2D eigenvalue weighted by Crippen LogP contribution is 2.08. The molecule has 0 aromatic heterocycles. The molecule has 1 unspecified atom stereocenters. The van der Waals surface area contributed by atoms with Gasteiger partial charge < -0.3 is 5.32 Å². The fourth-order valence-corrected chi connectivity index (χ4v) is 3.09. The third-order valence-electron chi connectivity index (χ3n) is 2.61. The van der Waals surface area contributed by atoms with E-state index in [0.717, 1.165) is 19.4 Å². The highest BCUT2D eigenvalue weighted by atomic mass is 32.2. The van der Waals surface area contributed by atoms with Crippen LogP contribution >= 0.6 is 0 Å². The van der Waals surface area contributed by atoms with Crippen LogP contribution in [0.3, 0.4) is 0 Å². The third-order valence-corrected chi connectivity index (χ3v) is 4.35. The first-order chi connectivity index (χ1) is 7.10. The fraction of sp³-hybridized carbons (Fsp3) is 1.00. The van der Waals surface area contributed by atoms with Gasteiger partial charge in [0.25, 0.3) is 10.2 Å². The van der Waals surface area contributed by atoms with Crippen LogP contribution in [0.15, 0.2) is 0 Å². The van der Waals surface area contributed by atoms with Crippen molar-refractivity contribution in [3.8, 4) is 0 Å². The van der Waals surface area contributed by atoms with Gasteiger partial charge in [0.1, 0.15) is 0 Å². The summed E-state index contributed by atoms with van der Waals surface area (Å²) in [5.41, 5.74) is 0. The van der Waals surface area contributed by atoms with Crippen molar-refractivity contribution >= 4 is 10.2 Å². The molecule has 0 aromatic carbocycles. The van der Waals surface area contributed by atoms with Gasteiger partial charge in [-0.3, -0.25) is 0 Å². The molecule has 0 bridgehead atoms. The lowest BCUT2D eigenvalue weighted by Gasteiger charge is -2.23. The average molecular weight is 235 g/mol. The van der Waals surface area contributed by atoms with Crippen molar-refractivity contribution in [2.75, 3.05) is 26.2 Å². The van der Waals surface area contributed by atoms with Crippen LogP contribution in [0.25, 0.3) is 0 Å². The van der Waals surface area contributed by atoms with E-state index < -0.39 is 10.2 Å². The Hall–Kier alpha value is -0.170. The minimum absolute atomic E-state index is 0.318. The number of rotatable bonds is 6. The first kappa shape index (κ1) is 12.9. The predicted molar refractivity (Wildman–Crippen MR) is 60.9 cm³/mol. The summed E-state index contributed by atoms with van der Waals surface area (Å²) in [6, 6.07) is 0.318. The topological polar surface area (TPSA) is 61.4 Å². The SMILES string of the molecule is CCNS(=O)(=O)N(CC)CC1CCCN1. The summed E-state index contributed by atoms with van der Waals surface area (Å²) in [5.74, 6) is 0. The van der Waals surface area contributed by atoms with E-state index in [1.807, 2.05) is 6.92 Å². The summed E-state index contributed by atoms with van der Waals surface area (Å²) in [5, 5.41) is 3.30. The maximum Gasteiger partial charge on any atom is 0.279 e. The minimum atomic E-state index is -3.27. The van der Waals surface area contributed by atoms with Gasteiger partial charge in [-0.15, -0.1) is 0 Å². The van der Waals surface area contributed by atoms with Gasteiger partial charge in [0.2, 0.25) is 0 Å². The van der Waals surface area contributed by atoms with Crippen molar-refractivity contribution in [1.82, 2.24) is 14.3 Å². The first-order valence-corrected chi connectivity index (χ1v) is 7.02. The molecule has 1 atom stereocenters. The molecule has 1 heterocycles. The Morgan fingerprint density at radius 2 is 2.20 bits per heavy atom. The van der Waals surface area contributed by atoms with E-state index in [9.17, 15) is 8.42 Å². The molecule has 15 heavy (non-hydrogen) atoms. The number of likely N-dealkylation sites (N-methyl/N-ethyl adjacent to an activating group) is 1. The van der Waals surface area contributed by atoms with Gasteiger partial charge in [-0.25, -0.2) is 4.72 Å². The summed E-state index contributed by atoms with van der Waals surface area (Å²) in [4.78, 5) is 0. The number of nitrogens with one attached hydrogen (secondary N) is 2. The van der Waals surface area contributed by atoms with Gasteiger partial charge in [0.05, 0.1) is 0 Å². The molecular weight excluding hydrogens is 214 g/mol. The maximum atomic E-state index is 11.7. The molecule has 1 aliphatic heterocycles. The Labute approximate surface area is 92.4 Å². The zero-order valence-electron chi connectivity index (χ0n) is 9.49. The fourth-order valence-electron chi connectivity index (χ4n) is 1.83. The number of hydrogen-bond donors (Lipinski definition) is 2. The maximum absolute atomic E-state index is 11.7. The predicted octanol–water partition coefficient (Wildman–Crippen LogP) is -0.0854. The Bertz CT molecular complexity index is 273. The van der Waals surface area contributed by atoms with Gasteiger partial charge >= 0.3 is 0 Å². The zero-order chi connectivity index (χ0) is 11.3. The van der Waals surface area contributed by atoms with Crippen LogP contribution in [0.1, 0.15) is 26.7 Å². The lowest BCUT2D eigenvalue weighted by atomic mass is 10.2. The molecule has 90 valence electrons. The Balaban J connectivity index is 2.54. The highest BCUT2D eigenvalue weighted by Gasteiger charge is 2.24. The third kappa shape index (κ3) is 3.71. The standard InChI is InChI=1S/C9H21N3O2S/c1-3-11-15(13,14)12(4-2)8-9-6-5-7-10-9/h9-11H,3-8H2,1-2H3. The van der Waals surface area contributed by atoms with Gasteiger partial charge in [0, 0.05) is 25.7 Å². The Kier molecular flexibility index (Phi) is 4.98. The molecule has 0 saturated carbocycles. The molecule has 0 radical (unpaired) electrons. The monoisotopic (exact) mass is 235 g/mol. The second-order valence-electron chi connectivity index (χ2n) is 3.75. The highest BCUT2D eigenvalue weighted by molar-refractivity contribution is 7.87. The molecular formula is C9H21N3O2S. The van der Waals surface area contributed by atoms with Crippen LogP contribution in [0.2, 0.25) is 0 Å². The van der Waals surface area contributed by atoms with Crippen LogP contribution in [-0.4, -0.2) is 44.9 Å². The second-order valence-corrected chi connectivity index (χ2v) is 5.50. The van der Waals surface area contributed by atoms with Crippen LogP contribution in [0, 0.1) is 0 Å². The molecule has 2 N–H and O–H groups in total. The van der Waals surface area contributed by atoms with Crippen molar-refractivity contribution in [1.29, 1.82) is 0 Å². The van der Waals surface area contributed by atoms with Crippen molar-refractivity contribution in [3.05, 3.63) is 0 Å². The van der Waals surface area contributed by atoms with Gasteiger partial charge in [0.15, 0.2) is 0 Å². The normalized spacial score (nSPS) is 22.5. The van der Waals surface area contributed by atoms with Gasteiger partial charge in [-0.1, -0.05) is 13.8 Å². The van der Waals surface area contributed by atoms with Crippen LogP contribution in [0.5, 0.6) is 0 Å². The Morgan fingerprint density at radius 1 is 1.47 bits per heavy atom. The summed E-state index contributed by atoms with van der Waals surface area (Å²) in [6.45, 7) is 6.20. The van der Waals surface area contributed by atoms with Crippen LogP contribution in [0.4, 0.5) is 0 Å². The summed E-state index contributed by atoms with van der Waals surface area (Å²) in [6.07, 6.45) is 2.21. The van der Waals surface area contributed by atoms with Crippen molar-refractivity contribution in [2.24, 2.45) is 0 Å². The molecule has 1 rings (SSSR count). The second kappa shape index (κ2) is 5.79. The zero-order valence-corrected chi connectivity index (χ0v) is 10.3. The van der Waals surface area contributed by atoms with Crippen LogP contribution in [-0.2, 0) is 10.2 Å². The number of hydrogen-bond acceptors (Lipinski definition) is 3. The van der Waals surface area contributed by atoms with Crippen LogP contribution < -0.4 is 10.0 Å². The smallest absolute Gasteiger partial charge is 0.279 e. The van der Waals surface area contributed by atoms with E-state index in [-0.39, 0.29) is 0 Å². The van der Waals surface area contributed by atoms with E-state index in [0.29, 0.717) is 25.7 Å². The molecule has 1 saturated heterocycles. The Morgan fingerprint density at radius 3 is 2.67 bits per heavy atom. The largest absolute Gasteiger partial charge is 0.313 e. The lowest BCUT2D eigenvalue weighted by Crippen LogP contribution is -2.46. The van der Waals surface area contributed by atoms with E-state index in [1.165, 1.54) is 4.31 Å². The number of nitrogens with zero attached hydrogens (tertiary/aromatic N) is 1. The molecule has 0 aliphatic carbocycles. The first-order valence-electron chi connectivity index (χ1n) is 5.58. The summed E-state index contributed by atoms with van der Waals surface area (Å²) in [7, 11) is -3.27. The van der Waals surface area contributed by atoms with E-state index in [1.54, 1.807) is 6.92 Å². The molecule has 0 amide bonds. The molecule has 1 aliphatic rings. The molecule has 0 aromatic rings. The molecule has 1 fully saturated rings. The average Bonchev–Trinajstić information content (AvgIpc) is 2.66. The minimum Gasteiger partial charge on any atom is -0.313 e. The van der Waals surface area contributed by atoms with Crippen molar-refractivity contribution in [2.45, 2.75) is 32.7 Å². The quantitative estimate of drug-likeness (QED) is 0.676. The summed E-state index contributed by atoms with van der Waals surface area (Å²) >= 11 is 0. The van der Waals surface area contributed by atoms with E-state index >= 15 is 0 Å². The van der Waals surface area contributed by atoms with Gasteiger partial charge in [-0.05, 0) is 19.4 Å².